The first-order valence-electron chi connectivity index (χ1n) is 8.75. The van der Waals surface area contributed by atoms with Gasteiger partial charge in [0.2, 0.25) is 0 Å². The minimum Gasteiger partial charge on any atom is -0.369 e. The number of benzene rings is 2. The van der Waals surface area contributed by atoms with Crippen LogP contribution < -0.4 is 4.90 Å². The van der Waals surface area contributed by atoms with Crippen molar-refractivity contribution in [2.45, 2.75) is 0 Å². The highest BCUT2D eigenvalue weighted by Gasteiger charge is 2.17. The zero-order valence-electron chi connectivity index (χ0n) is 14.5. The van der Waals surface area contributed by atoms with Crippen LogP contribution in [0.4, 0.5) is 10.1 Å². The van der Waals surface area contributed by atoms with Gasteiger partial charge in [-0.05, 0) is 43.4 Å². The first kappa shape index (κ1) is 15.3. The predicted octanol–water partition coefficient (Wildman–Crippen LogP) is 3.00. The number of H-pyrrole nitrogens is 2. The van der Waals surface area contributed by atoms with E-state index in [2.05, 4.69) is 49.1 Å². The van der Waals surface area contributed by atoms with E-state index in [9.17, 15) is 4.39 Å². The average Bonchev–Trinajstić information content (AvgIpc) is 3.24. The summed E-state index contributed by atoms with van der Waals surface area (Å²) in [7, 11) is 2.15. The van der Waals surface area contributed by atoms with E-state index in [0.717, 1.165) is 48.1 Å². The van der Waals surface area contributed by atoms with Crippen molar-refractivity contribution in [2.24, 2.45) is 0 Å². The maximum Gasteiger partial charge on any atom is 0.159 e. The highest BCUT2D eigenvalue weighted by atomic mass is 19.1. The summed E-state index contributed by atoms with van der Waals surface area (Å²) in [6.45, 7) is 4.17. The molecular formula is C19H19FN6. The first-order valence-corrected chi connectivity index (χ1v) is 8.75. The molecule has 0 bridgehead atoms. The molecular weight excluding hydrogens is 331 g/mol. The predicted molar refractivity (Wildman–Crippen MR) is 101 cm³/mol. The van der Waals surface area contributed by atoms with Crippen molar-refractivity contribution in [3.63, 3.8) is 0 Å². The van der Waals surface area contributed by atoms with Gasteiger partial charge in [-0.2, -0.15) is 5.10 Å². The van der Waals surface area contributed by atoms with Crippen LogP contribution in [-0.2, 0) is 0 Å². The maximum atomic E-state index is 13.6. The Hall–Kier alpha value is -2.93. The lowest BCUT2D eigenvalue weighted by Gasteiger charge is -2.34. The molecule has 4 aromatic rings. The summed E-state index contributed by atoms with van der Waals surface area (Å²) in [6.07, 6.45) is 0. The van der Waals surface area contributed by atoms with Crippen LogP contribution in [-0.4, -0.2) is 58.3 Å². The fraction of sp³-hybridized carbons (Fsp3) is 0.263. The van der Waals surface area contributed by atoms with E-state index in [1.807, 2.05) is 6.07 Å². The SMILES string of the molecule is CN1CCN(c2ccc3nc(-c4n[nH]c5ccc(F)cc45)[nH]c3c2)CC1. The van der Waals surface area contributed by atoms with Gasteiger partial charge >= 0.3 is 0 Å². The number of anilines is 1. The Morgan fingerprint density at radius 1 is 1.00 bits per heavy atom. The van der Waals surface area contributed by atoms with E-state index in [1.165, 1.54) is 17.8 Å². The van der Waals surface area contributed by atoms with Gasteiger partial charge in [0.05, 0.1) is 16.6 Å². The zero-order valence-corrected chi connectivity index (χ0v) is 14.5. The van der Waals surface area contributed by atoms with Gasteiger partial charge < -0.3 is 14.8 Å². The normalized spacial score (nSPS) is 16.0. The van der Waals surface area contributed by atoms with Crippen LogP contribution in [0.2, 0.25) is 0 Å². The Balaban J connectivity index is 1.54. The minimum atomic E-state index is -0.284. The van der Waals surface area contributed by atoms with Gasteiger partial charge in [0.1, 0.15) is 11.5 Å². The van der Waals surface area contributed by atoms with Gasteiger partial charge in [0.15, 0.2) is 5.82 Å². The number of fused-ring (bicyclic) bond motifs is 2. The molecule has 0 spiro atoms. The molecule has 3 heterocycles. The molecule has 0 radical (unpaired) electrons. The Kier molecular flexibility index (Phi) is 3.43. The zero-order chi connectivity index (χ0) is 17.7. The molecule has 2 aromatic carbocycles. The number of imidazole rings is 1. The second-order valence-corrected chi connectivity index (χ2v) is 6.84. The van der Waals surface area contributed by atoms with Crippen molar-refractivity contribution in [3.8, 4) is 11.5 Å². The van der Waals surface area contributed by atoms with Gasteiger partial charge in [-0.25, -0.2) is 9.37 Å². The van der Waals surface area contributed by atoms with Crippen LogP contribution in [0.3, 0.4) is 0 Å². The molecule has 5 rings (SSSR count). The lowest BCUT2D eigenvalue weighted by molar-refractivity contribution is 0.313. The number of nitrogens with zero attached hydrogens (tertiary/aromatic N) is 4. The van der Waals surface area contributed by atoms with Crippen molar-refractivity contribution in [2.75, 3.05) is 38.1 Å². The number of nitrogens with one attached hydrogen (secondary N) is 2. The third-order valence-corrected chi connectivity index (χ3v) is 5.08. The first-order chi connectivity index (χ1) is 12.7. The second-order valence-electron chi connectivity index (χ2n) is 6.84. The summed E-state index contributed by atoms with van der Waals surface area (Å²) in [4.78, 5) is 12.7. The third kappa shape index (κ3) is 2.52. The Bertz CT molecular complexity index is 1090. The molecule has 26 heavy (non-hydrogen) atoms. The van der Waals surface area contributed by atoms with Crippen LogP contribution >= 0.6 is 0 Å². The molecule has 0 unspecified atom stereocenters. The van der Waals surface area contributed by atoms with Crippen molar-refractivity contribution < 1.29 is 4.39 Å². The van der Waals surface area contributed by atoms with Crippen LogP contribution in [0, 0.1) is 5.82 Å². The highest BCUT2D eigenvalue weighted by Crippen LogP contribution is 2.28. The Morgan fingerprint density at radius 2 is 1.85 bits per heavy atom. The molecule has 0 saturated carbocycles. The van der Waals surface area contributed by atoms with E-state index < -0.39 is 0 Å². The number of rotatable bonds is 2. The van der Waals surface area contributed by atoms with Crippen LogP contribution in [0.25, 0.3) is 33.5 Å². The molecule has 1 aliphatic rings. The van der Waals surface area contributed by atoms with Gasteiger partial charge in [0, 0.05) is 37.3 Å². The van der Waals surface area contributed by atoms with E-state index in [4.69, 9.17) is 0 Å². The van der Waals surface area contributed by atoms with E-state index in [0.29, 0.717) is 11.5 Å². The van der Waals surface area contributed by atoms with Crippen molar-refractivity contribution in [3.05, 3.63) is 42.2 Å². The number of halogens is 1. The van der Waals surface area contributed by atoms with Gasteiger partial charge in [0.25, 0.3) is 0 Å². The topological polar surface area (TPSA) is 63.8 Å². The molecule has 0 amide bonds. The summed E-state index contributed by atoms with van der Waals surface area (Å²) in [5.41, 5.74) is 4.46. The summed E-state index contributed by atoms with van der Waals surface area (Å²) in [5, 5.41) is 7.98. The van der Waals surface area contributed by atoms with E-state index >= 15 is 0 Å². The number of aromatic nitrogens is 4. The number of aromatic amines is 2. The highest BCUT2D eigenvalue weighted by molar-refractivity contribution is 5.93. The number of hydrogen-bond acceptors (Lipinski definition) is 4. The standard InChI is InChI=1S/C19H19FN6/c1-25-6-8-26(9-7-25)13-3-5-16-17(11-13)22-19(21-16)18-14-10-12(20)2-4-15(14)23-24-18/h2-5,10-11H,6-9H2,1H3,(H,21,22)(H,23,24). The van der Waals surface area contributed by atoms with Crippen LogP contribution in [0.1, 0.15) is 0 Å². The molecule has 6 nitrogen and oxygen atoms in total. The van der Waals surface area contributed by atoms with Crippen LogP contribution in [0.15, 0.2) is 36.4 Å². The molecule has 2 aromatic heterocycles. The lowest BCUT2D eigenvalue weighted by atomic mass is 10.2. The quantitative estimate of drug-likeness (QED) is 0.583. The number of piperazine rings is 1. The summed E-state index contributed by atoms with van der Waals surface area (Å²) < 4.78 is 13.6. The largest absolute Gasteiger partial charge is 0.369 e. The van der Waals surface area contributed by atoms with Gasteiger partial charge in [-0.1, -0.05) is 0 Å². The van der Waals surface area contributed by atoms with Crippen molar-refractivity contribution in [1.82, 2.24) is 25.1 Å². The second kappa shape index (κ2) is 5.81. The Labute approximate surface area is 149 Å². The average molecular weight is 350 g/mol. The number of likely N-dealkylation sites (N-methyl/N-ethyl adjacent to an activating group) is 1. The molecule has 0 aliphatic carbocycles. The van der Waals surface area contributed by atoms with Gasteiger partial charge in [-0.15, -0.1) is 0 Å². The Morgan fingerprint density at radius 3 is 2.69 bits per heavy atom. The molecule has 7 heteroatoms. The monoisotopic (exact) mass is 350 g/mol. The third-order valence-electron chi connectivity index (χ3n) is 5.08. The molecule has 0 atom stereocenters. The molecule has 1 saturated heterocycles. The van der Waals surface area contributed by atoms with Crippen LogP contribution in [0.5, 0.6) is 0 Å². The summed E-state index contributed by atoms with van der Waals surface area (Å²) in [6, 6.07) is 10.9. The molecule has 2 N–H and O–H groups in total. The fourth-order valence-electron chi connectivity index (χ4n) is 3.54. The van der Waals surface area contributed by atoms with E-state index in [1.54, 1.807) is 6.07 Å². The van der Waals surface area contributed by atoms with Crippen molar-refractivity contribution >= 4 is 27.6 Å². The molecule has 1 fully saturated rings. The van der Waals surface area contributed by atoms with Crippen molar-refractivity contribution in [1.29, 1.82) is 0 Å². The minimum absolute atomic E-state index is 0.284. The van der Waals surface area contributed by atoms with Gasteiger partial charge in [-0.3, -0.25) is 5.10 Å². The molecule has 132 valence electrons. The fourth-order valence-corrected chi connectivity index (χ4v) is 3.54. The smallest absolute Gasteiger partial charge is 0.159 e. The summed E-state index contributed by atoms with van der Waals surface area (Å²) >= 11 is 0. The van der Waals surface area contributed by atoms with E-state index in [-0.39, 0.29) is 5.82 Å². The maximum absolute atomic E-state index is 13.6. The molecule has 1 aliphatic heterocycles. The number of hydrogen-bond donors (Lipinski definition) is 2. The lowest BCUT2D eigenvalue weighted by Crippen LogP contribution is -2.44. The summed E-state index contributed by atoms with van der Waals surface area (Å²) in [5.74, 6) is 0.362.